The second kappa shape index (κ2) is 4.00. The third-order valence-electron chi connectivity index (χ3n) is 1.79. The zero-order valence-corrected chi connectivity index (χ0v) is 7.66. The molecule has 6 heteroatoms. The molecule has 1 rings (SSSR count). The number of carboxylic acid groups (broad SMARTS) is 1. The van der Waals surface area contributed by atoms with Gasteiger partial charge in [-0.3, -0.25) is 0 Å². The van der Waals surface area contributed by atoms with Crippen molar-refractivity contribution in [3.05, 3.63) is 28.6 Å². The molecule has 0 unspecified atom stereocenters. The molecule has 1 heterocycles. The van der Waals surface area contributed by atoms with Gasteiger partial charge in [-0.15, -0.1) is 0 Å². The Bertz CT molecular complexity index is 452. The molecule has 0 aliphatic heterocycles. The lowest BCUT2D eigenvalue weighted by Gasteiger charge is -2.07. The molecule has 0 radical (unpaired) electrons. The van der Waals surface area contributed by atoms with Crippen LogP contribution in [0.2, 0.25) is 0 Å². The maximum Gasteiger partial charge on any atom is 0.338 e. The Balaban J connectivity index is 3.51. The first-order valence-electron chi connectivity index (χ1n) is 3.90. The molecule has 0 amide bonds. The number of nitrogens with zero attached hydrogens (tertiary/aromatic N) is 2. The first-order chi connectivity index (χ1) is 6.97. The van der Waals surface area contributed by atoms with E-state index in [1.807, 2.05) is 0 Å². The molecule has 0 saturated heterocycles. The number of alkyl halides is 2. The van der Waals surface area contributed by atoms with E-state index in [1.165, 1.54) is 6.92 Å². The average molecular weight is 212 g/mol. The van der Waals surface area contributed by atoms with E-state index in [4.69, 9.17) is 10.4 Å². The van der Waals surface area contributed by atoms with Gasteiger partial charge in [-0.05, 0) is 13.0 Å². The molecule has 1 aromatic rings. The number of aryl methyl sites for hydroxylation is 1. The molecular weight excluding hydrogens is 206 g/mol. The van der Waals surface area contributed by atoms with Gasteiger partial charge in [0, 0.05) is 5.56 Å². The minimum Gasteiger partial charge on any atom is -0.478 e. The quantitative estimate of drug-likeness (QED) is 0.812. The number of pyridine rings is 1. The second-order valence-electron chi connectivity index (χ2n) is 2.77. The minimum absolute atomic E-state index is 0.0862. The van der Waals surface area contributed by atoms with Crippen LogP contribution in [0.4, 0.5) is 8.78 Å². The van der Waals surface area contributed by atoms with Crippen LogP contribution in [0.1, 0.15) is 33.7 Å². The average Bonchev–Trinajstić information content (AvgIpc) is 2.15. The second-order valence-corrected chi connectivity index (χ2v) is 2.77. The lowest BCUT2D eigenvalue weighted by Crippen LogP contribution is -2.08. The molecule has 0 fully saturated rings. The minimum atomic E-state index is -2.94. The Morgan fingerprint density at radius 1 is 1.67 bits per heavy atom. The SMILES string of the molecule is Cc1nc(C#N)cc(C(F)F)c1C(=O)O. The molecule has 15 heavy (non-hydrogen) atoms. The number of hydrogen-bond donors (Lipinski definition) is 1. The monoisotopic (exact) mass is 212 g/mol. The highest BCUT2D eigenvalue weighted by molar-refractivity contribution is 5.90. The van der Waals surface area contributed by atoms with E-state index < -0.39 is 23.5 Å². The number of nitriles is 1. The molecule has 4 nitrogen and oxygen atoms in total. The third kappa shape index (κ3) is 2.07. The molecule has 0 aromatic carbocycles. The number of halogens is 2. The summed E-state index contributed by atoms with van der Waals surface area (Å²) < 4.78 is 25.0. The summed E-state index contributed by atoms with van der Waals surface area (Å²) in [5.41, 5.74) is -1.51. The van der Waals surface area contributed by atoms with Crippen LogP contribution < -0.4 is 0 Å². The van der Waals surface area contributed by atoms with Gasteiger partial charge in [-0.2, -0.15) is 5.26 Å². The summed E-state index contributed by atoms with van der Waals surface area (Å²) in [6.45, 7) is 1.27. The van der Waals surface area contributed by atoms with Gasteiger partial charge in [0.1, 0.15) is 11.8 Å². The summed E-state index contributed by atoms with van der Waals surface area (Å²) in [5, 5.41) is 17.2. The van der Waals surface area contributed by atoms with E-state index in [-0.39, 0.29) is 11.4 Å². The number of rotatable bonds is 2. The van der Waals surface area contributed by atoms with Gasteiger partial charge in [-0.25, -0.2) is 18.6 Å². The van der Waals surface area contributed by atoms with Gasteiger partial charge in [0.15, 0.2) is 0 Å². The molecule has 0 atom stereocenters. The van der Waals surface area contributed by atoms with Crippen LogP contribution in [-0.4, -0.2) is 16.1 Å². The molecule has 1 N–H and O–H groups in total. The molecule has 78 valence electrons. The predicted molar refractivity (Wildman–Crippen MR) is 45.6 cm³/mol. The Hall–Kier alpha value is -2.03. The van der Waals surface area contributed by atoms with E-state index in [1.54, 1.807) is 6.07 Å². The fourth-order valence-corrected chi connectivity index (χ4v) is 1.20. The van der Waals surface area contributed by atoms with E-state index in [9.17, 15) is 13.6 Å². The highest BCUT2D eigenvalue weighted by Gasteiger charge is 2.22. The zero-order chi connectivity index (χ0) is 11.6. The Morgan fingerprint density at radius 3 is 2.67 bits per heavy atom. The van der Waals surface area contributed by atoms with E-state index in [0.29, 0.717) is 0 Å². The number of hydrogen-bond acceptors (Lipinski definition) is 3. The van der Waals surface area contributed by atoms with Crippen LogP contribution in [0.15, 0.2) is 6.07 Å². The number of aromatic carboxylic acids is 1. The van der Waals surface area contributed by atoms with Crippen molar-refractivity contribution in [2.45, 2.75) is 13.3 Å². The van der Waals surface area contributed by atoms with Crippen LogP contribution >= 0.6 is 0 Å². The summed E-state index contributed by atoms with van der Waals surface area (Å²) in [5.74, 6) is -1.47. The van der Waals surface area contributed by atoms with E-state index >= 15 is 0 Å². The van der Waals surface area contributed by atoms with Gasteiger partial charge in [-0.1, -0.05) is 0 Å². The van der Waals surface area contributed by atoms with Crippen molar-refractivity contribution in [3.63, 3.8) is 0 Å². The van der Waals surface area contributed by atoms with E-state index in [2.05, 4.69) is 4.98 Å². The van der Waals surface area contributed by atoms with Crippen LogP contribution in [0.25, 0.3) is 0 Å². The van der Waals surface area contributed by atoms with Crippen molar-refractivity contribution < 1.29 is 18.7 Å². The predicted octanol–water partition coefficient (Wildman–Crippen LogP) is 1.90. The molecule has 0 saturated carbocycles. The third-order valence-corrected chi connectivity index (χ3v) is 1.79. The van der Waals surface area contributed by atoms with Gasteiger partial charge in [0.05, 0.1) is 11.3 Å². The largest absolute Gasteiger partial charge is 0.478 e. The molecule has 0 spiro atoms. The molecule has 0 aliphatic carbocycles. The van der Waals surface area contributed by atoms with Crippen LogP contribution in [0, 0.1) is 18.3 Å². The van der Waals surface area contributed by atoms with Gasteiger partial charge < -0.3 is 5.11 Å². The van der Waals surface area contributed by atoms with Crippen molar-refractivity contribution in [1.82, 2.24) is 4.98 Å². The highest BCUT2D eigenvalue weighted by Crippen LogP contribution is 2.25. The molecule has 0 aliphatic rings. The first-order valence-corrected chi connectivity index (χ1v) is 3.90. The van der Waals surface area contributed by atoms with Crippen LogP contribution in [0.3, 0.4) is 0 Å². The summed E-state index contributed by atoms with van der Waals surface area (Å²) >= 11 is 0. The van der Waals surface area contributed by atoms with E-state index in [0.717, 1.165) is 6.07 Å². The maximum absolute atomic E-state index is 12.5. The number of aromatic nitrogens is 1. The van der Waals surface area contributed by atoms with Crippen molar-refractivity contribution in [2.75, 3.05) is 0 Å². The van der Waals surface area contributed by atoms with Gasteiger partial charge in [0.2, 0.25) is 0 Å². The summed E-state index contributed by atoms with van der Waals surface area (Å²) in [6.07, 6.45) is -2.94. The maximum atomic E-state index is 12.5. The Kier molecular flexibility index (Phi) is 2.95. The Morgan fingerprint density at radius 2 is 2.27 bits per heavy atom. The van der Waals surface area contributed by atoms with Crippen LogP contribution in [-0.2, 0) is 0 Å². The smallest absolute Gasteiger partial charge is 0.338 e. The fourth-order valence-electron chi connectivity index (χ4n) is 1.20. The standard InChI is InChI=1S/C9H6F2N2O2/c1-4-7(9(14)15)6(8(10)11)2-5(3-12)13-4/h2,8H,1H3,(H,14,15). The summed E-state index contributed by atoms with van der Waals surface area (Å²) in [6, 6.07) is 2.38. The molecule has 0 bridgehead atoms. The lowest BCUT2D eigenvalue weighted by molar-refractivity contribution is 0.0683. The first kappa shape index (κ1) is 11.0. The van der Waals surface area contributed by atoms with Gasteiger partial charge >= 0.3 is 5.97 Å². The van der Waals surface area contributed by atoms with Crippen molar-refractivity contribution in [2.24, 2.45) is 0 Å². The lowest BCUT2D eigenvalue weighted by atomic mass is 10.1. The van der Waals surface area contributed by atoms with Crippen molar-refractivity contribution in [1.29, 1.82) is 5.26 Å². The number of carboxylic acids is 1. The van der Waals surface area contributed by atoms with Crippen molar-refractivity contribution >= 4 is 5.97 Å². The molecular formula is C9H6F2N2O2. The highest BCUT2D eigenvalue weighted by atomic mass is 19.3. The topological polar surface area (TPSA) is 74.0 Å². The normalized spacial score (nSPS) is 10.1. The number of carbonyl (C=O) groups is 1. The summed E-state index contributed by atoms with van der Waals surface area (Å²) in [7, 11) is 0. The van der Waals surface area contributed by atoms with Crippen molar-refractivity contribution in [3.8, 4) is 6.07 Å². The zero-order valence-electron chi connectivity index (χ0n) is 7.66. The van der Waals surface area contributed by atoms with Crippen LogP contribution in [0.5, 0.6) is 0 Å². The summed E-state index contributed by atoms with van der Waals surface area (Å²) in [4.78, 5) is 14.3. The fraction of sp³-hybridized carbons (Fsp3) is 0.222. The van der Waals surface area contributed by atoms with Gasteiger partial charge in [0.25, 0.3) is 6.43 Å². The Labute approximate surface area is 83.8 Å². The molecule has 1 aromatic heterocycles.